The number of nitrogens with two attached hydrogens (primary N) is 1. The number of carbonyl (C=O) groups excluding carboxylic acids is 1. The Kier molecular flexibility index (Phi) is 4.57. The van der Waals surface area contributed by atoms with Gasteiger partial charge in [-0.25, -0.2) is 0 Å². The molecular weight excluding hydrogens is 368 g/mol. The van der Waals surface area contributed by atoms with Crippen molar-refractivity contribution in [3.05, 3.63) is 63.9 Å². The Morgan fingerprint density at radius 2 is 1.79 bits per heavy atom. The number of aromatic hydroxyl groups is 2. The summed E-state index contributed by atoms with van der Waals surface area (Å²) in [7, 11) is 0. The lowest BCUT2D eigenvalue weighted by molar-refractivity contribution is 0.0999. The molecule has 1 aliphatic carbocycles. The largest absolute Gasteiger partial charge is 0.508 e. The summed E-state index contributed by atoms with van der Waals surface area (Å²) in [5.74, 6) is -0.913. The van der Waals surface area contributed by atoms with Gasteiger partial charge in [-0.1, -0.05) is 38.3 Å². The number of hydrogen-bond acceptors (Lipinski definition) is 4. The van der Waals surface area contributed by atoms with E-state index in [4.69, 9.17) is 5.73 Å². The van der Waals surface area contributed by atoms with Crippen LogP contribution in [-0.2, 0) is 5.41 Å². The number of pyridine rings is 1. The van der Waals surface area contributed by atoms with Gasteiger partial charge in [0.25, 0.3) is 5.91 Å². The van der Waals surface area contributed by atoms with E-state index in [0.29, 0.717) is 11.2 Å². The molecule has 0 spiro atoms. The predicted molar refractivity (Wildman–Crippen MR) is 112 cm³/mol. The first-order valence-electron chi connectivity index (χ1n) is 9.83. The van der Waals surface area contributed by atoms with Crippen molar-refractivity contribution in [2.45, 2.75) is 44.4 Å². The van der Waals surface area contributed by atoms with Crippen LogP contribution in [0.3, 0.4) is 0 Å². The second kappa shape index (κ2) is 6.95. The first-order chi connectivity index (χ1) is 13.8. The summed E-state index contributed by atoms with van der Waals surface area (Å²) < 4.78 is 1.60. The second-order valence-electron chi connectivity index (χ2n) is 8.10. The second-order valence-corrected chi connectivity index (χ2v) is 8.10. The van der Waals surface area contributed by atoms with E-state index < -0.39 is 11.3 Å². The molecule has 6 nitrogen and oxygen atoms in total. The maximum atomic E-state index is 12.6. The summed E-state index contributed by atoms with van der Waals surface area (Å²) >= 11 is 0. The average molecular weight is 392 g/mol. The summed E-state index contributed by atoms with van der Waals surface area (Å²) in [6.45, 7) is 2.18. The highest BCUT2D eigenvalue weighted by Gasteiger charge is 2.31. The van der Waals surface area contributed by atoms with Gasteiger partial charge < -0.3 is 20.5 Å². The van der Waals surface area contributed by atoms with Crippen molar-refractivity contribution in [1.82, 2.24) is 4.57 Å². The lowest BCUT2D eigenvalue weighted by atomic mass is 9.70. The summed E-state index contributed by atoms with van der Waals surface area (Å²) in [5, 5.41) is 21.1. The maximum absolute atomic E-state index is 12.6. The normalized spacial score (nSPS) is 16.0. The molecule has 1 aromatic heterocycles. The minimum absolute atomic E-state index is 0.0200. The van der Waals surface area contributed by atoms with Crippen LogP contribution in [0.4, 0.5) is 0 Å². The fourth-order valence-corrected chi connectivity index (χ4v) is 4.52. The molecule has 3 aromatic rings. The molecular formula is C23H24N2O4. The van der Waals surface area contributed by atoms with Crippen LogP contribution >= 0.6 is 0 Å². The minimum atomic E-state index is -0.871. The molecule has 1 heterocycles. The first-order valence-corrected chi connectivity index (χ1v) is 9.83. The lowest BCUT2D eigenvalue weighted by Crippen LogP contribution is -2.25. The lowest BCUT2D eigenvalue weighted by Gasteiger charge is -2.34. The van der Waals surface area contributed by atoms with Crippen molar-refractivity contribution in [2.75, 3.05) is 0 Å². The number of primary amides is 1. The quantitative estimate of drug-likeness (QED) is 0.631. The van der Waals surface area contributed by atoms with Gasteiger partial charge in [0.05, 0.1) is 10.9 Å². The molecule has 29 heavy (non-hydrogen) atoms. The molecule has 4 N–H and O–H groups in total. The Bertz CT molecular complexity index is 1170. The smallest absolute Gasteiger partial charge is 0.254 e. The first kappa shape index (κ1) is 19.1. The van der Waals surface area contributed by atoms with Gasteiger partial charge in [0.15, 0.2) is 0 Å². The molecule has 0 saturated heterocycles. The topological polar surface area (TPSA) is 106 Å². The molecule has 0 aliphatic heterocycles. The molecule has 1 saturated carbocycles. The van der Waals surface area contributed by atoms with Crippen LogP contribution in [0.2, 0.25) is 0 Å². The number of phenolic OH excluding ortho intramolecular Hbond substituents is 2. The highest BCUT2D eigenvalue weighted by Crippen LogP contribution is 2.43. The van der Waals surface area contributed by atoms with Crippen LogP contribution < -0.4 is 11.2 Å². The summed E-state index contributed by atoms with van der Waals surface area (Å²) in [4.78, 5) is 24.4. The Labute approximate surface area is 168 Å². The maximum Gasteiger partial charge on any atom is 0.254 e. The Balaban J connectivity index is 1.92. The zero-order chi connectivity index (χ0) is 20.8. The number of aromatic nitrogens is 1. The van der Waals surface area contributed by atoms with Crippen LogP contribution in [0.5, 0.6) is 11.5 Å². The summed E-state index contributed by atoms with van der Waals surface area (Å²) in [6.07, 6.45) is 6.92. The van der Waals surface area contributed by atoms with Crippen molar-refractivity contribution >= 4 is 16.8 Å². The van der Waals surface area contributed by atoms with Gasteiger partial charge in [0.1, 0.15) is 17.1 Å². The zero-order valence-corrected chi connectivity index (χ0v) is 16.3. The van der Waals surface area contributed by atoms with Crippen molar-refractivity contribution in [1.29, 1.82) is 0 Å². The third-order valence-corrected chi connectivity index (χ3v) is 6.14. The van der Waals surface area contributed by atoms with E-state index in [1.807, 2.05) is 12.1 Å². The molecule has 4 rings (SSSR count). The van der Waals surface area contributed by atoms with Crippen molar-refractivity contribution in [3.8, 4) is 17.2 Å². The molecule has 0 atom stereocenters. The summed E-state index contributed by atoms with van der Waals surface area (Å²) in [5.41, 5.74) is 6.39. The van der Waals surface area contributed by atoms with E-state index in [1.165, 1.54) is 18.7 Å². The number of fused-ring (bicyclic) bond motifs is 1. The number of carbonyl (C=O) groups is 1. The highest BCUT2D eigenvalue weighted by molar-refractivity contribution is 5.98. The molecule has 0 bridgehead atoms. The number of hydrogen-bond donors (Lipinski definition) is 3. The number of amides is 1. The van der Waals surface area contributed by atoms with E-state index in [0.717, 1.165) is 31.2 Å². The van der Waals surface area contributed by atoms with E-state index in [9.17, 15) is 19.8 Å². The molecule has 150 valence electrons. The van der Waals surface area contributed by atoms with Crippen molar-refractivity contribution in [2.24, 2.45) is 5.73 Å². The van der Waals surface area contributed by atoms with Gasteiger partial charge in [-0.05, 0) is 42.0 Å². The minimum Gasteiger partial charge on any atom is -0.508 e. The van der Waals surface area contributed by atoms with Gasteiger partial charge in [0.2, 0.25) is 5.43 Å². The van der Waals surface area contributed by atoms with Gasteiger partial charge in [-0.3, -0.25) is 9.59 Å². The number of rotatable bonds is 3. The van der Waals surface area contributed by atoms with Gasteiger partial charge in [-0.2, -0.15) is 0 Å². The van der Waals surface area contributed by atoms with E-state index >= 15 is 0 Å². The summed E-state index contributed by atoms with van der Waals surface area (Å²) in [6, 6.07) is 10.1. The predicted octanol–water partition coefficient (Wildman–Crippen LogP) is 3.72. The Morgan fingerprint density at radius 3 is 2.45 bits per heavy atom. The van der Waals surface area contributed by atoms with Crippen molar-refractivity contribution < 1.29 is 15.0 Å². The molecule has 1 aliphatic rings. The fraction of sp³-hybridized carbons (Fsp3) is 0.304. The number of phenols is 2. The molecule has 6 heteroatoms. The Morgan fingerprint density at radius 1 is 1.07 bits per heavy atom. The highest BCUT2D eigenvalue weighted by atomic mass is 16.3. The molecule has 0 unspecified atom stereocenters. The molecule has 1 fully saturated rings. The van der Waals surface area contributed by atoms with E-state index in [2.05, 4.69) is 6.92 Å². The monoisotopic (exact) mass is 392 g/mol. The van der Waals surface area contributed by atoms with Gasteiger partial charge >= 0.3 is 0 Å². The number of nitrogens with zero attached hydrogens (tertiary/aromatic N) is 1. The van der Waals surface area contributed by atoms with Crippen LogP contribution in [0.25, 0.3) is 16.6 Å². The average Bonchev–Trinajstić information content (AvgIpc) is 2.68. The zero-order valence-electron chi connectivity index (χ0n) is 16.3. The van der Waals surface area contributed by atoms with Crippen molar-refractivity contribution in [3.63, 3.8) is 0 Å². The fourth-order valence-electron chi connectivity index (χ4n) is 4.52. The van der Waals surface area contributed by atoms with Crippen LogP contribution in [0.15, 0.2) is 47.4 Å². The third-order valence-electron chi connectivity index (χ3n) is 6.14. The third kappa shape index (κ3) is 3.14. The standard InChI is InChI=1S/C23H24N2O4/c1-23(10-3-2-4-11-23)16-9-8-14(12-19(16)27)25-13-15(22(24)29)21(28)20-17(25)6-5-7-18(20)26/h5-9,12-13,26-27H,2-4,10-11H2,1H3,(H2,24,29). The van der Waals surface area contributed by atoms with Gasteiger partial charge in [-0.15, -0.1) is 0 Å². The molecule has 0 radical (unpaired) electrons. The van der Waals surface area contributed by atoms with E-state index in [1.54, 1.807) is 22.8 Å². The van der Waals surface area contributed by atoms with E-state index in [-0.39, 0.29) is 27.9 Å². The molecule has 1 amide bonds. The molecule has 2 aromatic carbocycles. The SMILES string of the molecule is CC1(c2ccc(-n3cc(C(N)=O)c(=O)c4c(O)cccc43)cc2O)CCCCC1. The van der Waals surface area contributed by atoms with Crippen LogP contribution in [0.1, 0.15) is 54.9 Å². The van der Waals surface area contributed by atoms with Crippen LogP contribution in [-0.4, -0.2) is 20.7 Å². The number of benzene rings is 2. The Hall–Kier alpha value is -3.28. The van der Waals surface area contributed by atoms with Crippen LogP contribution in [0, 0.1) is 0 Å². The van der Waals surface area contributed by atoms with Gasteiger partial charge in [0, 0.05) is 18.0 Å².